The zero-order valence-corrected chi connectivity index (χ0v) is 15.4. The van der Waals surface area contributed by atoms with Gasteiger partial charge < -0.3 is 5.32 Å². The van der Waals surface area contributed by atoms with Crippen molar-refractivity contribution >= 4 is 32.6 Å². The Morgan fingerprint density at radius 2 is 1.62 bits per heavy atom. The summed E-state index contributed by atoms with van der Waals surface area (Å²) in [6, 6.07) is 22.4. The predicted molar refractivity (Wildman–Crippen MR) is 103 cm³/mol. The molecule has 0 spiro atoms. The van der Waals surface area contributed by atoms with Gasteiger partial charge >= 0.3 is 0 Å². The first-order valence-corrected chi connectivity index (χ1v) is 8.79. The van der Waals surface area contributed by atoms with E-state index in [1.54, 1.807) is 0 Å². The van der Waals surface area contributed by atoms with E-state index in [4.69, 9.17) is 0 Å². The Labute approximate surface area is 151 Å². The van der Waals surface area contributed by atoms with Gasteiger partial charge in [-0.05, 0) is 47.9 Å². The molecule has 0 radical (unpaired) electrons. The first kappa shape index (κ1) is 16.7. The van der Waals surface area contributed by atoms with Gasteiger partial charge in [-0.15, -0.1) is 0 Å². The van der Waals surface area contributed by atoms with E-state index in [1.165, 1.54) is 10.8 Å². The highest BCUT2D eigenvalue weighted by Gasteiger charge is 2.23. The van der Waals surface area contributed by atoms with Crippen LogP contribution in [0, 0.1) is 0 Å². The second-order valence-electron chi connectivity index (χ2n) is 6.50. The molecule has 3 aromatic rings. The van der Waals surface area contributed by atoms with Gasteiger partial charge in [-0.2, -0.15) is 0 Å². The van der Waals surface area contributed by atoms with Crippen molar-refractivity contribution < 1.29 is 4.79 Å². The van der Waals surface area contributed by atoms with Crippen molar-refractivity contribution in [1.29, 1.82) is 0 Å². The highest BCUT2D eigenvalue weighted by molar-refractivity contribution is 9.10. The molecule has 0 unspecified atom stereocenters. The van der Waals surface area contributed by atoms with E-state index < -0.39 is 5.54 Å². The third kappa shape index (κ3) is 3.68. The summed E-state index contributed by atoms with van der Waals surface area (Å²) in [5.41, 5.74) is 1.66. The molecule has 0 bridgehead atoms. The van der Waals surface area contributed by atoms with E-state index in [0.29, 0.717) is 6.42 Å². The molecule has 122 valence electrons. The normalized spacial score (nSPS) is 11.5. The molecule has 0 fully saturated rings. The zero-order chi connectivity index (χ0) is 17.2. The molecular formula is C21H20BrNO. The van der Waals surface area contributed by atoms with Crippen molar-refractivity contribution in [2.45, 2.75) is 25.8 Å². The summed E-state index contributed by atoms with van der Waals surface area (Å²) in [5.74, 6) is 0.0139. The fourth-order valence-electron chi connectivity index (χ4n) is 2.86. The summed E-state index contributed by atoms with van der Waals surface area (Å²) in [5, 5.41) is 5.54. The molecule has 0 aliphatic rings. The molecule has 0 saturated carbocycles. The van der Waals surface area contributed by atoms with Gasteiger partial charge in [0, 0.05) is 4.47 Å². The highest BCUT2D eigenvalue weighted by Crippen LogP contribution is 2.25. The Kier molecular flexibility index (Phi) is 4.72. The average molecular weight is 382 g/mol. The number of fused-ring (bicyclic) bond motifs is 1. The molecule has 0 aromatic heterocycles. The van der Waals surface area contributed by atoms with E-state index in [2.05, 4.69) is 51.6 Å². The maximum absolute atomic E-state index is 12.5. The van der Waals surface area contributed by atoms with E-state index in [-0.39, 0.29) is 5.91 Å². The minimum Gasteiger partial charge on any atom is -0.347 e. The molecule has 2 nitrogen and oxygen atoms in total. The molecule has 0 aliphatic heterocycles. The Balaban J connectivity index is 1.79. The topological polar surface area (TPSA) is 29.1 Å². The Hall–Kier alpha value is -2.13. The van der Waals surface area contributed by atoms with E-state index in [1.807, 2.05) is 50.2 Å². The average Bonchev–Trinajstić information content (AvgIpc) is 2.56. The first-order chi connectivity index (χ1) is 11.5. The van der Waals surface area contributed by atoms with Crippen LogP contribution in [-0.2, 0) is 16.8 Å². The summed E-state index contributed by atoms with van der Waals surface area (Å²) in [6.45, 7) is 4.07. The molecule has 1 N–H and O–H groups in total. The van der Waals surface area contributed by atoms with Crippen LogP contribution in [0.3, 0.4) is 0 Å². The molecule has 0 atom stereocenters. The number of amides is 1. The fraction of sp³-hybridized carbons (Fsp3) is 0.190. The third-order valence-electron chi connectivity index (χ3n) is 4.23. The standard InChI is InChI=1S/C21H20BrNO/c1-21(2,18-12-11-15-7-3-4-8-16(15)13-18)23-20(24)14-17-9-5-6-10-19(17)22/h3-13H,14H2,1-2H3,(H,23,24). The van der Waals surface area contributed by atoms with Crippen LogP contribution in [0.25, 0.3) is 10.8 Å². The molecule has 3 rings (SSSR count). The maximum Gasteiger partial charge on any atom is 0.225 e. The summed E-state index contributed by atoms with van der Waals surface area (Å²) in [7, 11) is 0. The van der Waals surface area contributed by atoms with Crippen molar-refractivity contribution in [3.63, 3.8) is 0 Å². The Bertz CT molecular complexity index is 886. The lowest BCUT2D eigenvalue weighted by molar-refractivity contribution is -0.122. The van der Waals surface area contributed by atoms with Crippen LogP contribution in [0.1, 0.15) is 25.0 Å². The van der Waals surface area contributed by atoms with E-state index in [0.717, 1.165) is 15.6 Å². The van der Waals surface area contributed by atoms with Crippen molar-refractivity contribution in [1.82, 2.24) is 5.32 Å². The van der Waals surface area contributed by atoms with Gasteiger partial charge in [-0.1, -0.05) is 70.5 Å². The second kappa shape index (κ2) is 6.78. The second-order valence-corrected chi connectivity index (χ2v) is 7.36. The van der Waals surface area contributed by atoms with Crippen LogP contribution >= 0.6 is 15.9 Å². The molecule has 3 aromatic carbocycles. The van der Waals surface area contributed by atoms with Gasteiger partial charge in [-0.25, -0.2) is 0 Å². The van der Waals surface area contributed by atoms with Crippen LogP contribution in [0.15, 0.2) is 71.2 Å². The predicted octanol–water partition coefficient (Wildman–Crippen LogP) is 5.20. The van der Waals surface area contributed by atoms with Crippen molar-refractivity contribution in [3.05, 3.63) is 82.3 Å². The minimum atomic E-state index is -0.428. The van der Waals surface area contributed by atoms with Crippen LogP contribution in [0.4, 0.5) is 0 Å². The summed E-state index contributed by atoms with van der Waals surface area (Å²) in [4.78, 5) is 12.5. The summed E-state index contributed by atoms with van der Waals surface area (Å²) >= 11 is 3.50. The number of benzene rings is 3. The van der Waals surface area contributed by atoms with Gasteiger partial charge in [0.2, 0.25) is 5.91 Å². The SMILES string of the molecule is CC(C)(NC(=O)Cc1ccccc1Br)c1ccc2ccccc2c1. The van der Waals surface area contributed by atoms with Crippen LogP contribution in [0.5, 0.6) is 0 Å². The number of carbonyl (C=O) groups excluding carboxylic acids is 1. The molecule has 1 amide bonds. The number of hydrogen-bond acceptors (Lipinski definition) is 1. The number of nitrogens with one attached hydrogen (secondary N) is 1. The minimum absolute atomic E-state index is 0.0139. The molecule has 0 aliphatic carbocycles. The molecule has 0 heterocycles. The van der Waals surface area contributed by atoms with Crippen molar-refractivity contribution in [3.8, 4) is 0 Å². The number of halogens is 1. The van der Waals surface area contributed by atoms with Crippen LogP contribution in [0.2, 0.25) is 0 Å². The summed E-state index contributed by atoms with van der Waals surface area (Å²) in [6.07, 6.45) is 0.360. The zero-order valence-electron chi connectivity index (χ0n) is 13.8. The van der Waals surface area contributed by atoms with Crippen LogP contribution in [-0.4, -0.2) is 5.91 Å². The third-order valence-corrected chi connectivity index (χ3v) is 5.01. The lowest BCUT2D eigenvalue weighted by Gasteiger charge is -2.27. The van der Waals surface area contributed by atoms with Gasteiger partial charge in [0.05, 0.1) is 12.0 Å². The van der Waals surface area contributed by atoms with Crippen molar-refractivity contribution in [2.75, 3.05) is 0 Å². The lowest BCUT2D eigenvalue weighted by atomic mass is 9.92. The van der Waals surface area contributed by atoms with Gasteiger partial charge in [0.15, 0.2) is 0 Å². The number of rotatable bonds is 4. The molecule has 0 saturated heterocycles. The van der Waals surface area contributed by atoms with Gasteiger partial charge in [-0.3, -0.25) is 4.79 Å². The van der Waals surface area contributed by atoms with Gasteiger partial charge in [0.25, 0.3) is 0 Å². The quantitative estimate of drug-likeness (QED) is 0.661. The largest absolute Gasteiger partial charge is 0.347 e. The first-order valence-electron chi connectivity index (χ1n) is 7.99. The van der Waals surface area contributed by atoms with E-state index in [9.17, 15) is 4.79 Å². The monoisotopic (exact) mass is 381 g/mol. The number of hydrogen-bond donors (Lipinski definition) is 1. The van der Waals surface area contributed by atoms with E-state index >= 15 is 0 Å². The fourth-order valence-corrected chi connectivity index (χ4v) is 3.28. The highest BCUT2D eigenvalue weighted by atomic mass is 79.9. The van der Waals surface area contributed by atoms with Gasteiger partial charge in [0.1, 0.15) is 0 Å². The maximum atomic E-state index is 12.5. The Morgan fingerprint density at radius 1 is 0.958 bits per heavy atom. The lowest BCUT2D eigenvalue weighted by Crippen LogP contribution is -2.41. The Morgan fingerprint density at radius 3 is 2.38 bits per heavy atom. The molecule has 24 heavy (non-hydrogen) atoms. The molecule has 3 heteroatoms. The van der Waals surface area contributed by atoms with Crippen molar-refractivity contribution in [2.24, 2.45) is 0 Å². The summed E-state index contributed by atoms with van der Waals surface area (Å²) < 4.78 is 0.962. The van der Waals surface area contributed by atoms with Crippen LogP contribution < -0.4 is 5.32 Å². The number of carbonyl (C=O) groups is 1. The smallest absolute Gasteiger partial charge is 0.225 e. The molecular weight excluding hydrogens is 362 g/mol.